The topological polar surface area (TPSA) is 273 Å². The van der Waals surface area contributed by atoms with Crippen molar-refractivity contribution >= 4 is 116 Å². The van der Waals surface area contributed by atoms with Crippen LogP contribution in [0, 0.1) is 0 Å². The van der Waals surface area contributed by atoms with Gasteiger partial charge in [0, 0.05) is 45.0 Å². The fourth-order valence-corrected chi connectivity index (χ4v) is 12.3. The van der Waals surface area contributed by atoms with Crippen LogP contribution in [0.4, 0.5) is 22.7 Å². The maximum atomic E-state index is 13.6. The summed E-state index contributed by atoms with van der Waals surface area (Å²) in [5, 5.41) is 0. The van der Waals surface area contributed by atoms with Gasteiger partial charge in [-0.1, -0.05) is 48.5 Å². The van der Waals surface area contributed by atoms with Crippen molar-refractivity contribution in [1.29, 1.82) is 0 Å². The van der Waals surface area contributed by atoms with E-state index in [0.29, 0.717) is 113 Å². The van der Waals surface area contributed by atoms with Crippen LogP contribution in [0.15, 0.2) is 188 Å². The number of fused-ring (bicyclic) bond motifs is 4. The van der Waals surface area contributed by atoms with E-state index in [2.05, 4.69) is 0 Å². The van der Waals surface area contributed by atoms with E-state index in [0.717, 1.165) is 0 Å². The molecule has 0 aliphatic carbocycles. The lowest BCUT2D eigenvalue weighted by Crippen LogP contribution is -2.37. The van der Waals surface area contributed by atoms with E-state index in [1.807, 2.05) is 97.1 Å². The Morgan fingerprint density at radius 3 is 0.556 bits per heavy atom. The number of ether oxygens (including phenoxy) is 8. The molecule has 108 heavy (non-hydrogen) atoms. The third-order valence-electron chi connectivity index (χ3n) is 16.1. The Morgan fingerprint density at radius 1 is 0.250 bits per heavy atom. The quantitative estimate of drug-likeness (QED) is 0.0324. The molecule has 0 spiro atoms. The van der Waals surface area contributed by atoms with Crippen molar-refractivity contribution in [3.63, 3.8) is 0 Å². The van der Waals surface area contributed by atoms with Crippen LogP contribution >= 0.6 is 0 Å². The Bertz CT molecular complexity index is 3870. The van der Waals surface area contributed by atoms with E-state index in [4.69, 9.17) is 57.9 Å². The first-order chi connectivity index (χ1) is 51.3. The minimum Gasteiger partial charge on any atom is -0.462 e. The monoisotopic (exact) mass is 1470 g/mol. The number of carbonyl (C=O) groups excluding carboxylic acids is 8. The highest BCUT2D eigenvalue weighted by molar-refractivity contribution is 6.40. The molecule has 0 unspecified atom stereocenters. The highest BCUT2D eigenvalue weighted by Crippen LogP contribution is 2.41. The summed E-state index contributed by atoms with van der Waals surface area (Å²) in [6.45, 7) is 25.4. The van der Waals surface area contributed by atoms with E-state index < -0.39 is 96.6 Å². The van der Waals surface area contributed by atoms with Gasteiger partial charge < -0.3 is 57.5 Å². The van der Waals surface area contributed by atoms with Gasteiger partial charge in [0.2, 0.25) is 0 Å². The summed E-state index contributed by atoms with van der Waals surface area (Å²) in [6, 6.07) is 29.2. The summed E-state index contributed by atoms with van der Waals surface area (Å²) in [7, 11) is 0. The molecule has 5 heterocycles. The van der Waals surface area contributed by atoms with Crippen LogP contribution in [0.25, 0.3) is 22.3 Å². The van der Waals surface area contributed by atoms with Gasteiger partial charge >= 0.3 is 47.8 Å². The molecule has 9 rings (SSSR count). The fourth-order valence-electron chi connectivity index (χ4n) is 12.3. The van der Waals surface area contributed by atoms with Crippen LogP contribution in [0.5, 0.6) is 0 Å². The van der Waals surface area contributed by atoms with E-state index in [1.54, 1.807) is 179 Å². The summed E-state index contributed by atoms with van der Waals surface area (Å²) in [5.74, 6) is -4.58. The van der Waals surface area contributed by atoms with Crippen LogP contribution in [-0.2, 0) is 76.3 Å². The molecule has 0 saturated carbocycles. The van der Waals surface area contributed by atoms with Gasteiger partial charge in [0.05, 0.1) is 94.5 Å². The summed E-state index contributed by atoms with van der Waals surface area (Å²) in [4.78, 5) is 137. The van der Waals surface area contributed by atoms with Crippen molar-refractivity contribution in [1.82, 2.24) is 0 Å². The molecule has 0 radical (unpaired) electrons. The van der Waals surface area contributed by atoms with Crippen molar-refractivity contribution in [3.8, 4) is 0 Å². The van der Waals surface area contributed by atoms with Gasteiger partial charge in [-0.2, -0.15) is 0 Å². The van der Waals surface area contributed by atoms with Crippen LogP contribution < -0.4 is 19.6 Å². The highest BCUT2D eigenvalue weighted by atomic mass is 16.6. The lowest BCUT2D eigenvalue weighted by molar-refractivity contribution is -0.148. The summed E-state index contributed by atoms with van der Waals surface area (Å²) in [6.07, 6.45) is 11.3. The number of esters is 8. The summed E-state index contributed by atoms with van der Waals surface area (Å²) in [5.41, 5.74) is 9.62. The molecule has 4 aromatic carbocycles. The number of hydrogen-bond acceptors (Lipinski definition) is 24. The fraction of sp³-hybridized carbons (Fsp3) is 0.381. The van der Waals surface area contributed by atoms with E-state index in [1.165, 1.54) is 0 Å². The lowest BCUT2D eigenvalue weighted by atomic mass is 9.97. The number of nitrogens with zero attached hydrogens (tertiary/aromatic N) is 8. The minimum atomic E-state index is -0.572. The molecule has 0 aromatic heterocycles. The molecule has 568 valence electrons. The number of rotatable bonds is 32. The van der Waals surface area contributed by atoms with Crippen LogP contribution in [0.3, 0.4) is 0 Å². The standard InChI is InChI=1S/C84H96N8O16/c1-49(2)101-73(93)41-89(42-74(94)102-50(3)4)61-25-17-21-57(37-61)81-65-29-31-67(85-65)82(58-22-18-26-62(38-58)90(43-75(95)103-51(5)6)44-76(96)104-52(7)8)69-33-35-71(87-69)84(60-24-20-28-64(40-60)92(47-79(99)107-55(13)14)48-80(100)108-56(15)16)72-36-34-70(88-72)83(68-32-30-66(81)86-68)59-23-19-27-63(39-59)91(45-77(97)105-53(9)10)46-78(98)106-54(11)12/h17-40,49-56H,41-48H2,1-16H3. The van der Waals surface area contributed by atoms with Crippen molar-refractivity contribution in [2.75, 3.05) is 72.0 Å². The third kappa shape index (κ3) is 22.3. The van der Waals surface area contributed by atoms with Gasteiger partial charge in [-0.25, -0.2) is 20.0 Å². The highest BCUT2D eigenvalue weighted by Gasteiger charge is 2.32. The Labute approximate surface area is 631 Å². The van der Waals surface area contributed by atoms with Gasteiger partial charge in [-0.05, 0) is 230 Å². The Balaban J connectivity index is 1.36. The first kappa shape index (κ1) is 80.5. The number of aliphatic imine (C=N–C) groups is 4. The second-order valence-electron chi connectivity index (χ2n) is 28.3. The van der Waals surface area contributed by atoms with E-state index in [9.17, 15) is 38.4 Å². The Kier molecular flexibility index (Phi) is 27.3. The zero-order valence-corrected chi connectivity index (χ0v) is 64.2. The number of hydrogen-bond donors (Lipinski definition) is 0. The van der Waals surface area contributed by atoms with Gasteiger partial charge in [-0.15, -0.1) is 0 Å². The average molecular weight is 1470 g/mol. The number of anilines is 4. The molecule has 0 amide bonds. The SMILES string of the molecule is CC(C)OC(=O)CN(CC(=O)OC(C)C)c1cccc(C2=C3C=CC(=N3)C(c3cccc(N(CC(=O)OC(C)C)CC(=O)OC(C)C)c3)=C3C=CC(=N3)C(c3cccc(N(CC(=O)OC(C)C)CC(=O)OC(C)C)c3)=C3C=CC(=N3)C(c3cccc(N(CC(=O)OC(C)C)CC(=O)OC(C)C)c3)=C3C=CC2=N3)c1. The third-order valence-corrected chi connectivity index (χ3v) is 16.1. The van der Waals surface area contributed by atoms with Crippen LogP contribution in [0.1, 0.15) is 133 Å². The average Bonchev–Trinajstić information content (AvgIpc) is 1.61. The molecule has 5 aliphatic rings. The molecule has 24 nitrogen and oxygen atoms in total. The van der Waals surface area contributed by atoms with Crippen molar-refractivity contribution in [2.24, 2.45) is 20.0 Å². The van der Waals surface area contributed by atoms with Crippen LogP contribution in [-0.4, -0.2) is 172 Å². The predicted molar refractivity (Wildman–Crippen MR) is 418 cm³/mol. The number of allylic oxidation sites excluding steroid dienone is 12. The molecule has 5 aliphatic heterocycles. The minimum absolute atomic E-state index is 0.309. The molecule has 8 bridgehead atoms. The lowest BCUT2D eigenvalue weighted by Gasteiger charge is -2.25. The first-order valence-electron chi connectivity index (χ1n) is 36.4. The smallest absolute Gasteiger partial charge is 0.325 e. The van der Waals surface area contributed by atoms with Crippen molar-refractivity contribution in [2.45, 2.75) is 160 Å². The maximum absolute atomic E-state index is 13.6. The summed E-state index contributed by atoms with van der Waals surface area (Å²) < 4.78 is 45.0. The first-order valence-corrected chi connectivity index (χ1v) is 36.4. The number of carbonyl (C=O) groups is 8. The zero-order valence-electron chi connectivity index (χ0n) is 64.2. The molecular weight excluding hydrogens is 1380 g/mol. The number of benzene rings is 4. The van der Waals surface area contributed by atoms with E-state index in [-0.39, 0.29) is 52.4 Å². The van der Waals surface area contributed by atoms with Crippen molar-refractivity contribution in [3.05, 3.63) is 191 Å². The maximum Gasteiger partial charge on any atom is 0.325 e. The largest absolute Gasteiger partial charge is 0.462 e. The molecule has 0 atom stereocenters. The van der Waals surface area contributed by atoms with Crippen LogP contribution in [0.2, 0.25) is 0 Å². The van der Waals surface area contributed by atoms with Crippen molar-refractivity contribution < 1.29 is 76.3 Å². The second-order valence-corrected chi connectivity index (χ2v) is 28.3. The molecular formula is C84H96N8O16. The zero-order chi connectivity index (χ0) is 78.2. The second kappa shape index (κ2) is 36.6. The van der Waals surface area contributed by atoms with Gasteiger partial charge in [0.15, 0.2) is 0 Å². The molecule has 0 N–H and O–H groups in total. The predicted octanol–water partition coefficient (Wildman–Crippen LogP) is 12.5. The summed E-state index contributed by atoms with van der Waals surface area (Å²) >= 11 is 0. The Hall–Kier alpha value is -11.6. The molecule has 0 fully saturated rings. The van der Waals surface area contributed by atoms with Gasteiger partial charge in [-0.3, -0.25) is 38.4 Å². The molecule has 0 saturated heterocycles. The molecule has 4 aromatic rings. The van der Waals surface area contributed by atoms with E-state index >= 15 is 0 Å². The van der Waals surface area contributed by atoms with Gasteiger partial charge in [0.25, 0.3) is 0 Å². The Morgan fingerprint density at radius 2 is 0.407 bits per heavy atom. The van der Waals surface area contributed by atoms with Gasteiger partial charge in [0.1, 0.15) is 52.4 Å². The normalized spacial score (nSPS) is 14.4. The molecule has 24 heteroatoms.